The number of nitrogens with two attached hydrogens (primary N) is 1. The second-order valence-electron chi connectivity index (χ2n) is 3.82. The minimum Gasteiger partial charge on any atom is -0.497 e. The van der Waals surface area contributed by atoms with Gasteiger partial charge in [0.05, 0.1) is 7.11 Å². The van der Waals surface area contributed by atoms with E-state index in [0.29, 0.717) is 11.3 Å². The van der Waals surface area contributed by atoms with Crippen molar-refractivity contribution in [3.8, 4) is 5.75 Å². The number of methoxy groups -OCH3 is 1. The fourth-order valence-corrected chi connectivity index (χ4v) is 1.97. The molecule has 1 aliphatic heterocycles. The Morgan fingerprint density at radius 2 is 2.27 bits per heavy atom. The highest BCUT2D eigenvalue weighted by molar-refractivity contribution is 5.34. The van der Waals surface area contributed by atoms with Gasteiger partial charge in [0.2, 0.25) is 0 Å². The van der Waals surface area contributed by atoms with Gasteiger partial charge in [0, 0.05) is 25.0 Å². The van der Waals surface area contributed by atoms with E-state index < -0.39 is 0 Å². The summed E-state index contributed by atoms with van der Waals surface area (Å²) in [4.78, 5) is 0. The van der Waals surface area contributed by atoms with Gasteiger partial charge >= 0.3 is 0 Å². The number of benzene rings is 1. The minimum atomic E-state index is -0.208. The van der Waals surface area contributed by atoms with E-state index in [1.165, 1.54) is 6.07 Å². The number of halogens is 1. The van der Waals surface area contributed by atoms with Gasteiger partial charge in [0.1, 0.15) is 11.6 Å². The molecular formula is C11H15FN2O. The Labute approximate surface area is 88.4 Å². The van der Waals surface area contributed by atoms with Crippen LogP contribution in [-0.2, 0) is 0 Å². The Bertz CT molecular complexity index is 356. The van der Waals surface area contributed by atoms with E-state index in [-0.39, 0.29) is 17.8 Å². The Morgan fingerprint density at radius 3 is 2.87 bits per heavy atom. The maximum Gasteiger partial charge on any atom is 0.127 e. The van der Waals surface area contributed by atoms with Crippen molar-refractivity contribution < 1.29 is 9.13 Å². The molecule has 2 atom stereocenters. The summed E-state index contributed by atoms with van der Waals surface area (Å²) >= 11 is 0. The molecule has 1 fully saturated rings. The summed E-state index contributed by atoms with van der Waals surface area (Å²) in [6, 6.07) is 4.75. The molecule has 1 heterocycles. The molecule has 1 aromatic carbocycles. The van der Waals surface area contributed by atoms with Gasteiger partial charge in [-0.15, -0.1) is 0 Å². The SMILES string of the molecule is COc1ccc(F)c([C@H]2CNC[C@@H]2N)c1. The largest absolute Gasteiger partial charge is 0.497 e. The van der Waals surface area contributed by atoms with E-state index in [0.717, 1.165) is 13.1 Å². The van der Waals surface area contributed by atoms with Crippen molar-refractivity contribution in [1.29, 1.82) is 0 Å². The summed E-state index contributed by atoms with van der Waals surface area (Å²) < 4.78 is 18.7. The second kappa shape index (κ2) is 4.16. The summed E-state index contributed by atoms with van der Waals surface area (Å²) in [6.45, 7) is 1.46. The van der Waals surface area contributed by atoms with Crippen LogP contribution in [0.3, 0.4) is 0 Å². The zero-order chi connectivity index (χ0) is 10.8. The predicted octanol–water partition coefficient (Wildman–Crippen LogP) is 0.848. The Hall–Kier alpha value is -1.13. The lowest BCUT2D eigenvalue weighted by molar-refractivity contribution is 0.411. The molecule has 15 heavy (non-hydrogen) atoms. The molecular weight excluding hydrogens is 195 g/mol. The van der Waals surface area contributed by atoms with E-state index in [2.05, 4.69) is 5.32 Å². The van der Waals surface area contributed by atoms with Crippen molar-refractivity contribution in [2.75, 3.05) is 20.2 Å². The van der Waals surface area contributed by atoms with Crippen LogP contribution in [0, 0.1) is 5.82 Å². The molecule has 4 heteroatoms. The van der Waals surface area contributed by atoms with Crippen LogP contribution in [0.4, 0.5) is 4.39 Å². The molecule has 0 amide bonds. The Balaban J connectivity index is 2.33. The zero-order valence-electron chi connectivity index (χ0n) is 8.66. The van der Waals surface area contributed by atoms with Gasteiger partial charge in [0.25, 0.3) is 0 Å². The van der Waals surface area contributed by atoms with Crippen LogP contribution in [0.15, 0.2) is 18.2 Å². The standard InChI is InChI=1S/C11H15FN2O/c1-15-7-2-3-10(12)8(4-7)9-5-14-6-11(9)13/h2-4,9,11,14H,5-6,13H2,1H3/t9-,11+/m1/s1. The molecule has 0 aromatic heterocycles. The topological polar surface area (TPSA) is 47.3 Å². The third kappa shape index (κ3) is 1.96. The van der Waals surface area contributed by atoms with E-state index in [1.54, 1.807) is 19.2 Å². The molecule has 1 aliphatic rings. The maximum absolute atomic E-state index is 13.6. The molecule has 0 aliphatic carbocycles. The molecule has 0 saturated carbocycles. The molecule has 0 unspecified atom stereocenters. The lowest BCUT2D eigenvalue weighted by Gasteiger charge is -2.16. The van der Waals surface area contributed by atoms with Crippen molar-refractivity contribution >= 4 is 0 Å². The first-order chi connectivity index (χ1) is 7.22. The summed E-state index contributed by atoms with van der Waals surface area (Å²) in [5, 5.41) is 3.15. The highest BCUT2D eigenvalue weighted by Gasteiger charge is 2.27. The Kier molecular flexibility index (Phi) is 2.88. The molecule has 3 N–H and O–H groups in total. The average Bonchev–Trinajstić information content (AvgIpc) is 2.65. The van der Waals surface area contributed by atoms with Crippen molar-refractivity contribution in [1.82, 2.24) is 5.32 Å². The van der Waals surface area contributed by atoms with Crippen molar-refractivity contribution in [2.24, 2.45) is 5.73 Å². The van der Waals surface area contributed by atoms with Crippen LogP contribution in [0.25, 0.3) is 0 Å². The quantitative estimate of drug-likeness (QED) is 0.760. The van der Waals surface area contributed by atoms with Gasteiger partial charge in [-0.05, 0) is 23.8 Å². The van der Waals surface area contributed by atoms with E-state index in [1.807, 2.05) is 0 Å². The van der Waals surface area contributed by atoms with Gasteiger partial charge in [-0.3, -0.25) is 0 Å². The average molecular weight is 210 g/mol. The third-order valence-corrected chi connectivity index (χ3v) is 2.86. The van der Waals surface area contributed by atoms with Gasteiger partial charge in [-0.25, -0.2) is 4.39 Å². The number of nitrogens with one attached hydrogen (secondary N) is 1. The molecule has 0 radical (unpaired) electrons. The number of hydrogen-bond acceptors (Lipinski definition) is 3. The summed E-state index contributed by atoms with van der Waals surface area (Å²) in [7, 11) is 1.57. The van der Waals surface area contributed by atoms with Gasteiger partial charge in [-0.1, -0.05) is 0 Å². The predicted molar refractivity (Wildman–Crippen MR) is 56.5 cm³/mol. The van der Waals surface area contributed by atoms with E-state index in [9.17, 15) is 4.39 Å². The van der Waals surface area contributed by atoms with Gasteiger partial charge in [-0.2, -0.15) is 0 Å². The summed E-state index contributed by atoms with van der Waals surface area (Å²) in [5.74, 6) is 0.505. The molecule has 2 rings (SSSR count). The van der Waals surface area contributed by atoms with Gasteiger partial charge < -0.3 is 15.8 Å². The lowest BCUT2D eigenvalue weighted by atomic mass is 9.94. The fraction of sp³-hybridized carbons (Fsp3) is 0.455. The van der Waals surface area contributed by atoms with Crippen LogP contribution in [0.1, 0.15) is 11.5 Å². The van der Waals surface area contributed by atoms with Crippen LogP contribution in [-0.4, -0.2) is 26.2 Å². The summed E-state index contributed by atoms with van der Waals surface area (Å²) in [5.41, 5.74) is 6.55. The first kappa shape index (κ1) is 10.4. The monoisotopic (exact) mass is 210 g/mol. The zero-order valence-corrected chi connectivity index (χ0v) is 8.66. The smallest absolute Gasteiger partial charge is 0.127 e. The van der Waals surface area contributed by atoms with Crippen molar-refractivity contribution in [3.63, 3.8) is 0 Å². The molecule has 0 bridgehead atoms. The first-order valence-electron chi connectivity index (χ1n) is 5.02. The normalized spacial score (nSPS) is 25.5. The number of hydrogen-bond donors (Lipinski definition) is 2. The van der Waals surface area contributed by atoms with E-state index in [4.69, 9.17) is 10.5 Å². The third-order valence-electron chi connectivity index (χ3n) is 2.86. The van der Waals surface area contributed by atoms with E-state index >= 15 is 0 Å². The van der Waals surface area contributed by atoms with Crippen molar-refractivity contribution in [2.45, 2.75) is 12.0 Å². The van der Waals surface area contributed by atoms with Crippen LogP contribution >= 0.6 is 0 Å². The second-order valence-corrected chi connectivity index (χ2v) is 3.82. The van der Waals surface area contributed by atoms with Crippen molar-refractivity contribution in [3.05, 3.63) is 29.6 Å². The maximum atomic E-state index is 13.6. The number of ether oxygens (including phenoxy) is 1. The number of rotatable bonds is 2. The highest BCUT2D eigenvalue weighted by atomic mass is 19.1. The molecule has 1 saturated heterocycles. The first-order valence-corrected chi connectivity index (χ1v) is 5.02. The molecule has 82 valence electrons. The molecule has 0 spiro atoms. The molecule has 1 aromatic rings. The van der Waals surface area contributed by atoms with Crippen LogP contribution in [0.5, 0.6) is 5.75 Å². The lowest BCUT2D eigenvalue weighted by Crippen LogP contribution is -2.28. The van der Waals surface area contributed by atoms with Gasteiger partial charge in [0.15, 0.2) is 0 Å². The van der Waals surface area contributed by atoms with Crippen LogP contribution in [0.2, 0.25) is 0 Å². The minimum absolute atomic E-state index is 0.0217. The van der Waals surface area contributed by atoms with Crippen LogP contribution < -0.4 is 15.8 Å². The fourth-order valence-electron chi connectivity index (χ4n) is 1.97. The molecule has 3 nitrogen and oxygen atoms in total. The Morgan fingerprint density at radius 1 is 1.47 bits per heavy atom. The highest BCUT2D eigenvalue weighted by Crippen LogP contribution is 2.27. The summed E-state index contributed by atoms with van der Waals surface area (Å²) in [6.07, 6.45) is 0.